The summed E-state index contributed by atoms with van der Waals surface area (Å²) < 4.78 is 10.2. The van der Waals surface area contributed by atoms with Crippen LogP contribution in [0.15, 0.2) is 28.2 Å². The molecule has 0 bridgehead atoms. The molecule has 2 aromatic heterocycles. The van der Waals surface area contributed by atoms with E-state index in [0.717, 1.165) is 0 Å². The third-order valence-electron chi connectivity index (χ3n) is 2.98. The molecule has 1 aliphatic rings. The first-order valence-electron chi connectivity index (χ1n) is 5.93. The Labute approximate surface area is 117 Å². The standard InChI is InChI=1S/C12H10N2O5S/c15-12(8-4-9(8)14(16)17)19-5-7-6-20-11(13-7)10-2-1-3-18-10/h1-3,6,8-9H,4-5H2. The highest BCUT2D eigenvalue weighted by molar-refractivity contribution is 7.13. The topological polar surface area (TPSA) is 95.5 Å². The van der Waals surface area contributed by atoms with Gasteiger partial charge in [0.05, 0.1) is 12.0 Å². The van der Waals surface area contributed by atoms with E-state index in [1.165, 1.54) is 11.3 Å². The number of nitro groups is 1. The van der Waals surface area contributed by atoms with Crippen LogP contribution in [0, 0.1) is 16.0 Å². The smallest absolute Gasteiger partial charge is 0.316 e. The molecule has 0 spiro atoms. The van der Waals surface area contributed by atoms with Crippen LogP contribution in [0.4, 0.5) is 0 Å². The molecule has 0 radical (unpaired) electrons. The van der Waals surface area contributed by atoms with Crippen LogP contribution in [0.2, 0.25) is 0 Å². The first-order chi connectivity index (χ1) is 9.65. The summed E-state index contributed by atoms with van der Waals surface area (Å²) in [6.07, 6.45) is 1.82. The molecule has 7 nitrogen and oxygen atoms in total. The predicted octanol–water partition coefficient (Wildman–Crippen LogP) is 2.11. The van der Waals surface area contributed by atoms with E-state index in [4.69, 9.17) is 9.15 Å². The van der Waals surface area contributed by atoms with Crippen LogP contribution < -0.4 is 0 Å². The van der Waals surface area contributed by atoms with Crippen LogP contribution in [0.1, 0.15) is 12.1 Å². The predicted molar refractivity (Wildman–Crippen MR) is 68.5 cm³/mol. The molecule has 104 valence electrons. The van der Waals surface area contributed by atoms with Crippen molar-refractivity contribution in [3.05, 3.63) is 39.6 Å². The zero-order valence-corrected chi connectivity index (χ0v) is 11.0. The van der Waals surface area contributed by atoms with Crippen LogP contribution in [0.5, 0.6) is 0 Å². The Morgan fingerprint density at radius 1 is 1.65 bits per heavy atom. The van der Waals surface area contributed by atoms with Crippen molar-refractivity contribution in [1.82, 2.24) is 4.98 Å². The molecule has 1 fully saturated rings. The second kappa shape index (κ2) is 5.04. The number of aromatic nitrogens is 1. The summed E-state index contributed by atoms with van der Waals surface area (Å²) >= 11 is 1.38. The fourth-order valence-corrected chi connectivity index (χ4v) is 2.58. The van der Waals surface area contributed by atoms with E-state index in [9.17, 15) is 14.9 Å². The van der Waals surface area contributed by atoms with Crippen molar-refractivity contribution >= 4 is 17.3 Å². The van der Waals surface area contributed by atoms with Gasteiger partial charge in [0, 0.05) is 16.7 Å². The molecule has 20 heavy (non-hydrogen) atoms. The van der Waals surface area contributed by atoms with E-state index >= 15 is 0 Å². The van der Waals surface area contributed by atoms with E-state index in [-0.39, 0.29) is 13.0 Å². The Hall–Kier alpha value is -2.22. The number of nitrogens with zero attached hydrogens (tertiary/aromatic N) is 2. The highest BCUT2D eigenvalue weighted by Crippen LogP contribution is 2.34. The summed E-state index contributed by atoms with van der Waals surface area (Å²) in [5.41, 5.74) is 0.605. The SMILES string of the molecule is O=C(OCc1csc(-c2ccco2)n1)C1CC1[N+](=O)[O-]. The molecule has 0 saturated heterocycles. The summed E-state index contributed by atoms with van der Waals surface area (Å²) in [5, 5.41) is 12.9. The molecule has 0 aromatic carbocycles. The number of furan rings is 1. The lowest BCUT2D eigenvalue weighted by atomic mass is 10.4. The van der Waals surface area contributed by atoms with Gasteiger partial charge in [-0.3, -0.25) is 14.9 Å². The molecule has 2 aromatic rings. The van der Waals surface area contributed by atoms with Crippen LogP contribution in [0.3, 0.4) is 0 Å². The first-order valence-corrected chi connectivity index (χ1v) is 6.81. The molecule has 2 atom stereocenters. The Kier molecular flexibility index (Phi) is 3.23. The lowest BCUT2D eigenvalue weighted by Crippen LogP contribution is -2.13. The number of esters is 1. The molecule has 8 heteroatoms. The molecule has 1 aliphatic carbocycles. The van der Waals surface area contributed by atoms with Gasteiger partial charge < -0.3 is 9.15 Å². The van der Waals surface area contributed by atoms with Crippen LogP contribution >= 0.6 is 11.3 Å². The van der Waals surface area contributed by atoms with Crippen molar-refractivity contribution in [2.45, 2.75) is 19.1 Å². The summed E-state index contributed by atoms with van der Waals surface area (Å²) in [6, 6.07) is 2.78. The molecule has 0 aliphatic heterocycles. The summed E-state index contributed by atoms with van der Waals surface area (Å²) in [6.45, 7) is 0.0248. The molecule has 1 saturated carbocycles. The van der Waals surface area contributed by atoms with Gasteiger partial charge in [0.25, 0.3) is 0 Å². The third kappa shape index (κ3) is 2.55. The van der Waals surface area contributed by atoms with Gasteiger partial charge in [-0.1, -0.05) is 0 Å². The monoisotopic (exact) mass is 294 g/mol. The number of rotatable bonds is 5. The lowest BCUT2D eigenvalue weighted by Gasteiger charge is -2.00. The van der Waals surface area contributed by atoms with E-state index in [0.29, 0.717) is 16.5 Å². The first kappa shape index (κ1) is 12.8. The molecule has 2 heterocycles. The normalized spacial score (nSPS) is 20.6. The highest BCUT2D eigenvalue weighted by atomic mass is 32.1. The number of carbonyl (C=O) groups is 1. The maximum atomic E-state index is 11.6. The molecule has 3 rings (SSSR count). The number of hydrogen-bond acceptors (Lipinski definition) is 7. The molecule has 2 unspecified atom stereocenters. The fraction of sp³-hybridized carbons (Fsp3) is 0.333. The maximum Gasteiger partial charge on any atom is 0.316 e. The van der Waals surface area contributed by atoms with E-state index in [2.05, 4.69) is 4.98 Å². The quantitative estimate of drug-likeness (QED) is 0.476. The van der Waals surface area contributed by atoms with Crippen molar-refractivity contribution < 1.29 is 18.9 Å². The van der Waals surface area contributed by atoms with Gasteiger partial charge in [-0.15, -0.1) is 11.3 Å². The third-order valence-corrected chi connectivity index (χ3v) is 3.88. The van der Waals surface area contributed by atoms with Crippen molar-refractivity contribution in [2.75, 3.05) is 0 Å². The Balaban J connectivity index is 1.54. The second-order valence-corrected chi connectivity index (χ2v) is 5.28. The van der Waals surface area contributed by atoms with Gasteiger partial charge in [-0.25, -0.2) is 4.98 Å². The Morgan fingerprint density at radius 2 is 2.50 bits per heavy atom. The van der Waals surface area contributed by atoms with Crippen LogP contribution in [-0.2, 0) is 16.1 Å². The molecular weight excluding hydrogens is 284 g/mol. The maximum absolute atomic E-state index is 11.6. The average Bonchev–Trinajstić information content (AvgIpc) is 2.86. The van der Waals surface area contributed by atoms with Gasteiger partial charge in [0.2, 0.25) is 6.04 Å². The molecule has 0 N–H and O–H groups in total. The van der Waals surface area contributed by atoms with E-state index in [1.807, 2.05) is 0 Å². The number of thiazole rings is 1. The Bertz CT molecular complexity index is 636. The zero-order chi connectivity index (χ0) is 14.1. The van der Waals surface area contributed by atoms with E-state index in [1.54, 1.807) is 23.8 Å². The Morgan fingerprint density at radius 3 is 3.15 bits per heavy atom. The number of carbonyl (C=O) groups excluding carboxylic acids is 1. The van der Waals surface area contributed by atoms with Gasteiger partial charge >= 0.3 is 5.97 Å². The molecule has 0 amide bonds. The fourth-order valence-electron chi connectivity index (χ4n) is 1.81. The lowest BCUT2D eigenvalue weighted by molar-refractivity contribution is -0.497. The van der Waals surface area contributed by atoms with Crippen molar-refractivity contribution in [3.63, 3.8) is 0 Å². The minimum atomic E-state index is -0.781. The second-order valence-electron chi connectivity index (χ2n) is 4.42. The van der Waals surface area contributed by atoms with Crippen molar-refractivity contribution in [2.24, 2.45) is 5.92 Å². The summed E-state index contributed by atoms with van der Waals surface area (Å²) in [7, 11) is 0. The number of ether oxygens (including phenoxy) is 1. The van der Waals surface area contributed by atoms with E-state index < -0.39 is 22.9 Å². The van der Waals surface area contributed by atoms with Gasteiger partial charge in [0.15, 0.2) is 10.8 Å². The van der Waals surface area contributed by atoms with Crippen LogP contribution in [0.25, 0.3) is 10.8 Å². The zero-order valence-electron chi connectivity index (χ0n) is 10.2. The summed E-state index contributed by atoms with van der Waals surface area (Å²) in [4.78, 5) is 25.9. The van der Waals surface area contributed by atoms with Crippen molar-refractivity contribution in [1.29, 1.82) is 0 Å². The van der Waals surface area contributed by atoms with Crippen molar-refractivity contribution in [3.8, 4) is 10.8 Å². The average molecular weight is 294 g/mol. The highest BCUT2D eigenvalue weighted by Gasteiger charge is 2.54. The largest absolute Gasteiger partial charge is 0.462 e. The summed E-state index contributed by atoms with van der Waals surface area (Å²) in [5.74, 6) is -0.476. The number of hydrogen-bond donors (Lipinski definition) is 0. The van der Waals surface area contributed by atoms with Gasteiger partial charge in [-0.2, -0.15) is 0 Å². The van der Waals surface area contributed by atoms with Gasteiger partial charge in [0.1, 0.15) is 12.5 Å². The minimum absolute atomic E-state index is 0.0248. The van der Waals surface area contributed by atoms with Gasteiger partial charge in [-0.05, 0) is 12.1 Å². The van der Waals surface area contributed by atoms with Crippen LogP contribution in [-0.4, -0.2) is 21.9 Å². The molecular formula is C12H10N2O5S. The minimum Gasteiger partial charge on any atom is -0.462 e.